The first kappa shape index (κ1) is 13.2. The van der Waals surface area contributed by atoms with Crippen molar-refractivity contribution in [3.63, 3.8) is 0 Å². The normalized spacial score (nSPS) is 14.4. The molecule has 1 aromatic heterocycles. The first-order valence-electron chi connectivity index (χ1n) is 6.60. The molecule has 1 aliphatic carbocycles. The summed E-state index contributed by atoms with van der Waals surface area (Å²) in [7, 11) is 0. The van der Waals surface area contributed by atoms with Gasteiger partial charge in [0.15, 0.2) is 5.16 Å². The predicted octanol–water partition coefficient (Wildman–Crippen LogP) is 2.04. The summed E-state index contributed by atoms with van der Waals surface area (Å²) in [5.41, 5.74) is 12.6. The van der Waals surface area contributed by atoms with Crippen molar-refractivity contribution in [2.45, 2.75) is 35.5 Å². The molecule has 20 heavy (non-hydrogen) atoms. The van der Waals surface area contributed by atoms with Crippen molar-refractivity contribution < 1.29 is 0 Å². The molecule has 0 atom stereocenters. The van der Waals surface area contributed by atoms with E-state index in [0.717, 1.165) is 11.4 Å². The van der Waals surface area contributed by atoms with E-state index in [1.807, 2.05) is 12.1 Å². The highest BCUT2D eigenvalue weighted by Gasteiger charge is 2.20. The molecule has 1 saturated carbocycles. The van der Waals surface area contributed by atoms with Gasteiger partial charge in [-0.15, -0.1) is 0 Å². The fourth-order valence-electron chi connectivity index (χ4n) is 1.90. The highest BCUT2D eigenvalue weighted by atomic mass is 32.2. The minimum atomic E-state index is 0.397. The molecule has 0 amide bonds. The van der Waals surface area contributed by atoms with Crippen LogP contribution in [0.15, 0.2) is 40.4 Å². The highest BCUT2D eigenvalue weighted by molar-refractivity contribution is 7.99. The van der Waals surface area contributed by atoms with E-state index in [1.165, 1.54) is 30.2 Å². The number of nitrogens with zero attached hydrogens (tertiary/aromatic N) is 2. The fraction of sp³-hybridized carbons (Fsp3) is 0.286. The molecule has 0 saturated heterocycles. The molecule has 0 bridgehead atoms. The molecule has 5 N–H and O–H groups in total. The second kappa shape index (κ2) is 5.68. The molecule has 2 aromatic rings. The number of rotatable bonds is 5. The smallest absolute Gasteiger partial charge is 0.196 e. The summed E-state index contributed by atoms with van der Waals surface area (Å²) in [4.78, 5) is 9.54. The van der Waals surface area contributed by atoms with Crippen LogP contribution in [0.3, 0.4) is 0 Å². The first-order valence-corrected chi connectivity index (χ1v) is 7.41. The lowest BCUT2D eigenvalue weighted by molar-refractivity contribution is 0.680. The number of benzene rings is 1. The van der Waals surface area contributed by atoms with E-state index in [0.29, 0.717) is 22.8 Å². The summed E-state index contributed by atoms with van der Waals surface area (Å²) in [5.74, 6) is 0.794. The summed E-state index contributed by atoms with van der Waals surface area (Å²) in [6.07, 6.45) is 2.56. The van der Waals surface area contributed by atoms with Gasteiger partial charge in [0.25, 0.3) is 0 Å². The van der Waals surface area contributed by atoms with Gasteiger partial charge in [-0.05, 0) is 36.2 Å². The van der Waals surface area contributed by atoms with Crippen molar-refractivity contribution in [1.29, 1.82) is 0 Å². The molecule has 5 nitrogen and oxygen atoms in total. The van der Waals surface area contributed by atoms with Gasteiger partial charge in [-0.25, -0.2) is 9.97 Å². The minimum absolute atomic E-state index is 0.397. The predicted molar refractivity (Wildman–Crippen MR) is 81.3 cm³/mol. The number of aromatic nitrogens is 2. The summed E-state index contributed by atoms with van der Waals surface area (Å²) in [6.45, 7) is 0.867. The molecule has 1 aliphatic rings. The Balaban J connectivity index is 1.78. The van der Waals surface area contributed by atoms with Crippen LogP contribution < -0.4 is 16.8 Å². The summed E-state index contributed by atoms with van der Waals surface area (Å²) < 4.78 is 0. The number of hydrogen-bond donors (Lipinski definition) is 3. The van der Waals surface area contributed by atoms with Crippen LogP contribution in [0, 0.1) is 0 Å². The zero-order chi connectivity index (χ0) is 13.9. The number of anilines is 2. The van der Waals surface area contributed by atoms with Gasteiger partial charge >= 0.3 is 0 Å². The van der Waals surface area contributed by atoms with Crippen molar-refractivity contribution in [1.82, 2.24) is 15.3 Å². The second-order valence-corrected chi connectivity index (χ2v) is 5.87. The number of nitrogens with one attached hydrogen (secondary N) is 1. The molecule has 1 aromatic carbocycles. The van der Waals surface area contributed by atoms with E-state index in [1.54, 1.807) is 6.07 Å². The molecule has 6 heteroatoms. The summed E-state index contributed by atoms with van der Waals surface area (Å²) >= 11 is 1.49. The topological polar surface area (TPSA) is 89.9 Å². The van der Waals surface area contributed by atoms with Gasteiger partial charge in [-0.3, -0.25) is 0 Å². The van der Waals surface area contributed by atoms with Crippen molar-refractivity contribution >= 4 is 23.4 Å². The Kier molecular flexibility index (Phi) is 3.75. The van der Waals surface area contributed by atoms with Crippen molar-refractivity contribution in [3.05, 3.63) is 35.9 Å². The largest absolute Gasteiger partial charge is 0.383 e. The third-order valence-corrected chi connectivity index (χ3v) is 4.06. The zero-order valence-corrected chi connectivity index (χ0v) is 11.9. The lowest BCUT2D eigenvalue weighted by Crippen LogP contribution is -2.15. The van der Waals surface area contributed by atoms with Crippen molar-refractivity contribution in [2.75, 3.05) is 11.5 Å². The maximum atomic E-state index is 5.70. The minimum Gasteiger partial charge on any atom is -0.383 e. The molecular formula is C14H17N5S. The average molecular weight is 287 g/mol. The highest BCUT2D eigenvalue weighted by Crippen LogP contribution is 2.29. The molecule has 0 aliphatic heterocycles. The zero-order valence-electron chi connectivity index (χ0n) is 11.0. The van der Waals surface area contributed by atoms with Crippen LogP contribution in [0.25, 0.3) is 0 Å². The molecule has 0 unspecified atom stereocenters. The van der Waals surface area contributed by atoms with Gasteiger partial charge in [0.2, 0.25) is 0 Å². The lowest BCUT2D eigenvalue weighted by Gasteiger charge is -2.09. The number of nitrogens with two attached hydrogens (primary N) is 2. The van der Waals surface area contributed by atoms with E-state index in [-0.39, 0.29) is 0 Å². The van der Waals surface area contributed by atoms with Crippen LogP contribution >= 0.6 is 11.8 Å². The van der Waals surface area contributed by atoms with Gasteiger partial charge in [0.05, 0.1) is 0 Å². The molecular weight excluding hydrogens is 270 g/mol. The quantitative estimate of drug-likeness (QED) is 0.729. The number of nitrogen functional groups attached to an aromatic ring is 2. The Hall–Kier alpha value is -1.79. The van der Waals surface area contributed by atoms with Gasteiger partial charge in [0.1, 0.15) is 11.6 Å². The van der Waals surface area contributed by atoms with E-state index < -0.39 is 0 Å². The van der Waals surface area contributed by atoms with Gasteiger partial charge in [-0.2, -0.15) is 0 Å². The molecule has 104 valence electrons. The Morgan fingerprint density at radius 1 is 1.15 bits per heavy atom. The second-order valence-electron chi connectivity index (χ2n) is 4.87. The maximum absolute atomic E-state index is 5.70. The monoisotopic (exact) mass is 287 g/mol. The molecule has 1 heterocycles. The number of hydrogen-bond acceptors (Lipinski definition) is 6. The van der Waals surface area contributed by atoms with Crippen LogP contribution in [-0.4, -0.2) is 16.0 Å². The van der Waals surface area contributed by atoms with Crippen LogP contribution in [0.4, 0.5) is 11.6 Å². The first-order chi connectivity index (χ1) is 9.70. The summed E-state index contributed by atoms with van der Waals surface area (Å²) in [5, 5.41) is 4.10. The third-order valence-electron chi connectivity index (χ3n) is 3.08. The van der Waals surface area contributed by atoms with Crippen LogP contribution in [0.2, 0.25) is 0 Å². The fourth-order valence-corrected chi connectivity index (χ4v) is 2.81. The van der Waals surface area contributed by atoms with E-state index >= 15 is 0 Å². The maximum Gasteiger partial charge on any atom is 0.196 e. The van der Waals surface area contributed by atoms with Gasteiger partial charge < -0.3 is 16.8 Å². The van der Waals surface area contributed by atoms with Crippen molar-refractivity contribution in [3.8, 4) is 0 Å². The standard InChI is InChI=1S/C14H17N5S/c15-12-7-13(16)19-14(18-12)20-11-4-2-1-3-9(11)8-17-10-5-6-10/h1-4,7,10,17H,5-6,8H2,(H4,15,16,18,19). The molecule has 0 radical (unpaired) electrons. The third kappa shape index (κ3) is 3.40. The Morgan fingerprint density at radius 3 is 2.55 bits per heavy atom. The Morgan fingerprint density at radius 2 is 1.85 bits per heavy atom. The SMILES string of the molecule is Nc1cc(N)nc(Sc2ccccc2CNC2CC2)n1. The molecule has 1 fully saturated rings. The lowest BCUT2D eigenvalue weighted by atomic mass is 10.2. The van der Waals surface area contributed by atoms with Crippen molar-refractivity contribution in [2.24, 2.45) is 0 Å². The van der Waals surface area contributed by atoms with E-state index in [2.05, 4.69) is 27.4 Å². The summed E-state index contributed by atoms with van der Waals surface area (Å²) in [6, 6.07) is 10.5. The Bertz CT molecular complexity index is 592. The molecule has 3 rings (SSSR count). The average Bonchev–Trinajstić information content (AvgIpc) is 3.20. The van der Waals surface area contributed by atoms with Crippen LogP contribution in [-0.2, 0) is 6.54 Å². The van der Waals surface area contributed by atoms with E-state index in [9.17, 15) is 0 Å². The van der Waals surface area contributed by atoms with Crippen LogP contribution in [0.5, 0.6) is 0 Å². The van der Waals surface area contributed by atoms with Gasteiger partial charge in [-0.1, -0.05) is 18.2 Å². The Labute approximate surface area is 122 Å². The van der Waals surface area contributed by atoms with E-state index in [4.69, 9.17) is 11.5 Å². The van der Waals surface area contributed by atoms with Gasteiger partial charge in [0, 0.05) is 23.5 Å². The molecule has 0 spiro atoms. The van der Waals surface area contributed by atoms with Crippen LogP contribution in [0.1, 0.15) is 18.4 Å².